The second-order valence-electron chi connectivity index (χ2n) is 7.97. The van der Waals surface area contributed by atoms with E-state index in [9.17, 15) is 13.2 Å². The Kier molecular flexibility index (Phi) is 6.13. The molecule has 4 rings (SSSR count). The fourth-order valence-electron chi connectivity index (χ4n) is 4.40. The zero-order valence-electron chi connectivity index (χ0n) is 16.7. The van der Waals surface area contributed by atoms with E-state index < -0.39 is 10.0 Å². The van der Waals surface area contributed by atoms with E-state index in [0.29, 0.717) is 25.3 Å². The van der Waals surface area contributed by atoms with Crippen LogP contribution in [0.3, 0.4) is 0 Å². The fraction of sp³-hybridized carbons (Fsp3) is 0.409. The van der Waals surface area contributed by atoms with Crippen molar-refractivity contribution in [3.63, 3.8) is 0 Å². The average Bonchev–Trinajstić information content (AvgIpc) is 2.73. The van der Waals surface area contributed by atoms with Crippen LogP contribution in [0, 0.1) is 5.92 Å². The maximum atomic E-state index is 13.3. The summed E-state index contributed by atoms with van der Waals surface area (Å²) in [5.41, 5.74) is 2.18. The maximum absolute atomic E-state index is 13.3. The monoisotopic (exact) mass is 466 g/mol. The molecule has 0 aliphatic carbocycles. The number of hydrogen-bond acceptors (Lipinski definition) is 3. The Bertz CT molecular complexity index is 1050. The SMILES string of the molecule is CC1CCN(C(=O)C2CCN(S(=O)(=O)c3c(Cl)cccc3Cl)CC2)c2ccccc21. The van der Waals surface area contributed by atoms with Gasteiger partial charge in [-0.05, 0) is 48.9 Å². The summed E-state index contributed by atoms with van der Waals surface area (Å²) in [5, 5.41) is 0.222. The Balaban J connectivity index is 1.49. The largest absolute Gasteiger partial charge is 0.312 e. The van der Waals surface area contributed by atoms with Crippen LogP contribution in [0.4, 0.5) is 5.69 Å². The van der Waals surface area contributed by atoms with E-state index in [-0.39, 0.29) is 39.9 Å². The van der Waals surface area contributed by atoms with Gasteiger partial charge in [0.15, 0.2) is 0 Å². The molecule has 2 aromatic carbocycles. The first-order valence-corrected chi connectivity index (χ1v) is 12.3. The van der Waals surface area contributed by atoms with Gasteiger partial charge >= 0.3 is 0 Å². The minimum atomic E-state index is -3.81. The van der Waals surface area contributed by atoms with Crippen LogP contribution in [0.2, 0.25) is 10.0 Å². The predicted octanol–water partition coefficient (Wildman–Crippen LogP) is 4.93. The highest BCUT2D eigenvalue weighted by molar-refractivity contribution is 7.89. The number of hydrogen-bond donors (Lipinski definition) is 0. The summed E-state index contributed by atoms with van der Waals surface area (Å²) < 4.78 is 27.5. The third-order valence-electron chi connectivity index (χ3n) is 6.13. The van der Waals surface area contributed by atoms with Gasteiger partial charge < -0.3 is 4.90 Å². The summed E-state index contributed by atoms with van der Waals surface area (Å²) in [6.45, 7) is 3.42. The topological polar surface area (TPSA) is 57.7 Å². The van der Waals surface area contributed by atoms with E-state index in [2.05, 4.69) is 13.0 Å². The molecule has 160 valence electrons. The van der Waals surface area contributed by atoms with Gasteiger partial charge in [-0.1, -0.05) is 54.4 Å². The molecule has 30 heavy (non-hydrogen) atoms. The van der Waals surface area contributed by atoms with Crippen LogP contribution < -0.4 is 4.90 Å². The second-order valence-corrected chi connectivity index (χ2v) is 10.7. The van der Waals surface area contributed by atoms with Crippen molar-refractivity contribution in [2.24, 2.45) is 5.92 Å². The molecule has 1 amide bonds. The lowest BCUT2D eigenvalue weighted by atomic mass is 9.89. The molecule has 5 nitrogen and oxygen atoms in total. The first-order chi connectivity index (χ1) is 14.3. The number of sulfonamides is 1. The van der Waals surface area contributed by atoms with Gasteiger partial charge in [-0.15, -0.1) is 0 Å². The number of nitrogens with zero attached hydrogens (tertiary/aromatic N) is 2. The lowest BCUT2D eigenvalue weighted by Gasteiger charge is -2.37. The number of fused-ring (bicyclic) bond motifs is 1. The molecule has 0 spiro atoms. The number of carbonyl (C=O) groups excluding carboxylic acids is 1. The normalized spacial score (nSPS) is 20.8. The smallest absolute Gasteiger partial charge is 0.246 e. The molecule has 2 heterocycles. The predicted molar refractivity (Wildman–Crippen MR) is 120 cm³/mol. The highest BCUT2D eigenvalue weighted by Gasteiger charge is 2.37. The van der Waals surface area contributed by atoms with E-state index in [1.54, 1.807) is 6.07 Å². The van der Waals surface area contributed by atoms with E-state index in [0.717, 1.165) is 12.1 Å². The molecule has 0 bridgehead atoms. The summed E-state index contributed by atoms with van der Waals surface area (Å²) in [4.78, 5) is 15.1. The van der Waals surface area contributed by atoms with Gasteiger partial charge in [-0.2, -0.15) is 4.31 Å². The molecule has 1 atom stereocenters. The zero-order chi connectivity index (χ0) is 21.5. The van der Waals surface area contributed by atoms with E-state index >= 15 is 0 Å². The summed E-state index contributed by atoms with van der Waals surface area (Å²) in [6.07, 6.45) is 1.89. The van der Waals surface area contributed by atoms with Gasteiger partial charge in [0.25, 0.3) is 0 Å². The van der Waals surface area contributed by atoms with Crippen LogP contribution in [0.15, 0.2) is 47.4 Å². The molecule has 2 aliphatic heterocycles. The third-order valence-corrected chi connectivity index (χ3v) is 8.98. The fourth-order valence-corrected chi connectivity index (χ4v) is 6.96. The number of carbonyl (C=O) groups is 1. The van der Waals surface area contributed by atoms with Gasteiger partial charge in [0.05, 0.1) is 10.0 Å². The Morgan fingerprint density at radius 1 is 0.933 bits per heavy atom. The van der Waals surface area contributed by atoms with Crippen molar-refractivity contribution in [1.29, 1.82) is 0 Å². The Morgan fingerprint density at radius 3 is 2.23 bits per heavy atom. The van der Waals surface area contributed by atoms with Gasteiger partial charge in [0.1, 0.15) is 4.90 Å². The first-order valence-electron chi connectivity index (χ1n) is 10.1. The number of benzene rings is 2. The van der Waals surface area contributed by atoms with Crippen LogP contribution >= 0.6 is 23.2 Å². The van der Waals surface area contributed by atoms with Crippen molar-refractivity contribution in [2.45, 2.75) is 37.0 Å². The minimum absolute atomic E-state index is 0.0583. The quantitative estimate of drug-likeness (QED) is 0.643. The molecule has 1 saturated heterocycles. The summed E-state index contributed by atoms with van der Waals surface area (Å²) in [7, 11) is -3.81. The Hall–Kier alpha value is -1.60. The van der Waals surface area contributed by atoms with Crippen LogP contribution in [-0.4, -0.2) is 38.3 Å². The molecular formula is C22H24Cl2N2O3S. The summed E-state index contributed by atoms with van der Waals surface area (Å²) in [6, 6.07) is 12.7. The molecule has 0 radical (unpaired) electrons. The highest BCUT2D eigenvalue weighted by atomic mass is 35.5. The van der Waals surface area contributed by atoms with Gasteiger partial charge in [-0.3, -0.25) is 4.79 Å². The summed E-state index contributed by atoms with van der Waals surface area (Å²) >= 11 is 12.2. The third kappa shape index (κ3) is 3.86. The lowest BCUT2D eigenvalue weighted by Crippen LogP contribution is -2.46. The van der Waals surface area contributed by atoms with Crippen LogP contribution in [0.5, 0.6) is 0 Å². The summed E-state index contributed by atoms with van der Waals surface area (Å²) in [5.74, 6) is 0.319. The van der Waals surface area contributed by atoms with Gasteiger partial charge in [0, 0.05) is 31.2 Å². The second kappa shape index (κ2) is 8.50. The van der Waals surface area contributed by atoms with E-state index in [1.807, 2.05) is 23.1 Å². The van der Waals surface area contributed by atoms with Crippen molar-refractivity contribution in [1.82, 2.24) is 4.31 Å². The Labute approximate surface area is 187 Å². The zero-order valence-corrected chi connectivity index (χ0v) is 19.1. The molecule has 2 aliphatic rings. The van der Waals surface area contributed by atoms with Crippen molar-refractivity contribution in [3.05, 3.63) is 58.1 Å². The maximum Gasteiger partial charge on any atom is 0.246 e. The molecule has 2 aromatic rings. The lowest BCUT2D eigenvalue weighted by molar-refractivity contribution is -0.123. The van der Waals surface area contributed by atoms with Crippen LogP contribution in [0.25, 0.3) is 0 Å². The number of anilines is 1. The Morgan fingerprint density at radius 2 is 1.57 bits per heavy atom. The molecule has 0 aromatic heterocycles. The molecule has 1 fully saturated rings. The van der Waals surface area contributed by atoms with E-state index in [4.69, 9.17) is 23.2 Å². The minimum Gasteiger partial charge on any atom is -0.312 e. The van der Waals surface area contributed by atoms with Gasteiger partial charge in [-0.25, -0.2) is 8.42 Å². The molecule has 0 N–H and O–H groups in total. The number of amides is 1. The average molecular weight is 467 g/mol. The highest BCUT2D eigenvalue weighted by Crippen LogP contribution is 2.37. The van der Waals surface area contributed by atoms with Crippen molar-refractivity contribution >= 4 is 44.8 Å². The molecular weight excluding hydrogens is 443 g/mol. The molecule has 1 unspecified atom stereocenters. The standard InChI is InChI=1S/C22H24Cl2N2O3S/c1-15-9-14-26(20-8-3-2-5-17(15)20)22(27)16-10-12-25(13-11-16)30(28,29)21-18(23)6-4-7-19(21)24/h2-8,15-16H,9-14H2,1H3. The molecule has 0 saturated carbocycles. The molecule has 8 heteroatoms. The van der Waals surface area contributed by atoms with Crippen molar-refractivity contribution in [3.8, 4) is 0 Å². The number of halogens is 2. The van der Waals surface area contributed by atoms with E-state index in [1.165, 1.54) is 22.0 Å². The van der Waals surface area contributed by atoms with Crippen LogP contribution in [-0.2, 0) is 14.8 Å². The number of piperidine rings is 1. The van der Waals surface area contributed by atoms with Crippen LogP contribution in [0.1, 0.15) is 37.7 Å². The van der Waals surface area contributed by atoms with Crippen molar-refractivity contribution < 1.29 is 13.2 Å². The first kappa shape index (κ1) is 21.6. The van der Waals surface area contributed by atoms with Crippen molar-refractivity contribution in [2.75, 3.05) is 24.5 Å². The van der Waals surface area contributed by atoms with Gasteiger partial charge in [0.2, 0.25) is 15.9 Å². The number of para-hydroxylation sites is 1. The number of rotatable bonds is 3.